The van der Waals surface area contributed by atoms with Crippen LogP contribution in [0.15, 0.2) is 132 Å². The zero-order valence-corrected chi connectivity index (χ0v) is 22.1. The van der Waals surface area contributed by atoms with Gasteiger partial charge in [0.15, 0.2) is 0 Å². The fourth-order valence-corrected chi connectivity index (χ4v) is 6.97. The van der Waals surface area contributed by atoms with Crippen molar-refractivity contribution in [1.29, 1.82) is 0 Å². The van der Waals surface area contributed by atoms with Gasteiger partial charge >= 0.3 is 0 Å². The molecule has 0 N–H and O–H groups in total. The summed E-state index contributed by atoms with van der Waals surface area (Å²) in [5.74, 6) is 0.301. The van der Waals surface area contributed by atoms with Crippen LogP contribution in [0.4, 0.5) is 0 Å². The third-order valence-electron chi connectivity index (χ3n) is 7.65. The smallest absolute Gasteiger partial charge is 0.0665 e. The lowest BCUT2D eigenvalue weighted by molar-refractivity contribution is 0.855. The van der Waals surface area contributed by atoms with E-state index in [1.807, 2.05) is 17.4 Å². The average Bonchev–Trinajstić information content (AvgIpc) is 3.51. The first-order valence-electron chi connectivity index (χ1n) is 13.2. The van der Waals surface area contributed by atoms with Gasteiger partial charge in [0.25, 0.3) is 0 Å². The lowest BCUT2D eigenvalue weighted by Crippen LogP contribution is -1.98. The molecule has 1 atom stereocenters. The Labute approximate surface area is 227 Å². The van der Waals surface area contributed by atoms with Crippen molar-refractivity contribution in [3.8, 4) is 11.1 Å². The second-order valence-electron chi connectivity index (χ2n) is 9.90. The van der Waals surface area contributed by atoms with Crippen LogP contribution >= 0.6 is 11.3 Å². The molecule has 1 heterocycles. The topological polar surface area (TPSA) is 12.4 Å². The van der Waals surface area contributed by atoms with Crippen molar-refractivity contribution >= 4 is 42.9 Å². The Hall–Kier alpha value is -4.27. The number of hydrogen-bond donors (Lipinski definition) is 0. The number of rotatable bonds is 5. The van der Waals surface area contributed by atoms with Crippen molar-refractivity contribution in [2.45, 2.75) is 19.3 Å². The van der Waals surface area contributed by atoms with Crippen LogP contribution in [0, 0.1) is 0 Å². The molecule has 0 saturated heterocycles. The van der Waals surface area contributed by atoms with E-state index in [-0.39, 0.29) is 0 Å². The quantitative estimate of drug-likeness (QED) is 0.207. The van der Waals surface area contributed by atoms with E-state index in [0.29, 0.717) is 5.92 Å². The molecule has 0 bridgehead atoms. The Kier molecular flexibility index (Phi) is 5.76. The third-order valence-corrected chi connectivity index (χ3v) is 8.79. The van der Waals surface area contributed by atoms with Gasteiger partial charge in [-0.25, -0.2) is 0 Å². The summed E-state index contributed by atoms with van der Waals surface area (Å²) in [6.45, 7) is 2.10. The summed E-state index contributed by atoms with van der Waals surface area (Å²) in [4.78, 5) is 5.15. The van der Waals surface area contributed by atoms with E-state index in [4.69, 9.17) is 4.99 Å². The first-order chi connectivity index (χ1) is 18.8. The van der Waals surface area contributed by atoms with E-state index in [1.165, 1.54) is 42.4 Å². The summed E-state index contributed by atoms with van der Waals surface area (Å²) >= 11 is 1.89. The Morgan fingerprint density at radius 3 is 2.18 bits per heavy atom. The minimum Gasteiger partial charge on any atom is -0.253 e. The van der Waals surface area contributed by atoms with E-state index < -0.39 is 0 Å². The van der Waals surface area contributed by atoms with E-state index in [9.17, 15) is 0 Å². The van der Waals surface area contributed by atoms with Gasteiger partial charge < -0.3 is 0 Å². The van der Waals surface area contributed by atoms with E-state index in [0.717, 1.165) is 29.0 Å². The molecule has 1 aromatic heterocycles. The highest BCUT2D eigenvalue weighted by atomic mass is 32.1. The van der Waals surface area contributed by atoms with Crippen LogP contribution in [0.1, 0.15) is 41.5 Å². The summed E-state index contributed by atoms with van der Waals surface area (Å²) in [6.07, 6.45) is 3.24. The SMILES string of the molecule is C/C(=N\C(=C/CC1c2ccccc2-c2c1ccc1sc3ccccc3c21)c1ccccc1)c1ccccc1. The van der Waals surface area contributed by atoms with Gasteiger partial charge in [0.05, 0.1) is 5.70 Å². The molecule has 0 saturated carbocycles. The van der Waals surface area contributed by atoms with Crippen LogP contribution in [-0.2, 0) is 0 Å². The van der Waals surface area contributed by atoms with Crippen LogP contribution < -0.4 is 0 Å². The summed E-state index contributed by atoms with van der Waals surface area (Å²) in [6, 6.07) is 43.5. The molecule has 1 nitrogen and oxygen atoms in total. The summed E-state index contributed by atoms with van der Waals surface area (Å²) in [5, 5.41) is 2.77. The average molecular weight is 506 g/mol. The van der Waals surface area contributed by atoms with Crippen LogP contribution in [0.25, 0.3) is 37.0 Å². The van der Waals surface area contributed by atoms with Gasteiger partial charge in [-0.2, -0.15) is 0 Å². The monoisotopic (exact) mass is 505 g/mol. The molecule has 0 amide bonds. The molecule has 1 aliphatic carbocycles. The molecular weight excluding hydrogens is 478 g/mol. The Balaban J connectivity index is 1.37. The van der Waals surface area contributed by atoms with Crippen molar-refractivity contribution in [3.63, 3.8) is 0 Å². The van der Waals surface area contributed by atoms with E-state index in [2.05, 4.69) is 128 Å². The lowest BCUT2D eigenvalue weighted by atomic mass is 9.92. The fraction of sp³-hybridized carbons (Fsp3) is 0.0833. The molecule has 0 spiro atoms. The number of hydrogen-bond acceptors (Lipinski definition) is 2. The minimum atomic E-state index is 0.301. The molecule has 182 valence electrons. The summed E-state index contributed by atoms with van der Waals surface area (Å²) < 4.78 is 2.72. The number of nitrogens with zero attached hydrogens (tertiary/aromatic N) is 1. The Morgan fingerprint density at radius 1 is 0.684 bits per heavy atom. The van der Waals surface area contributed by atoms with Crippen LogP contribution in [0.2, 0.25) is 0 Å². The van der Waals surface area contributed by atoms with E-state index >= 15 is 0 Å². The van der Waals surface area contributed by atoms with Crippen molar-refractivity contribution in [2.75, 3.05) is 0 Å². The normalized spacial score (nSPS) is 15.1. The maximum absolute atomic E-state index is 5.15. The highest BCUT2D eigenvalue weighted by Gasteiger charge is 2.30. The zero-order chi connectivity index (χ0) is 25.5. The van der Waals surface area contributed by atoms with Crippen LogP contribution in [-0.4, -0.2) is 5.71 Å². The predicted octanol–water partition coefficient (Wildman–Crippen LogP) is 10.1. The van der Waals surface area contributed by atoms with Crippen molar-refractivity contribution in [3.05, 3.63) is 150 Å². The molecule has 38 heavy (non-hydrogen) atoms. The largest absolute Gasteiger partial charge is 0.253 e. The molecule has 1 unspecified atom stereocenters. The molecule has 2 heteroatoms. The van der Waals surface area contributed by atoms with Gasteiger partial charge in [-0.3, -0.25) is 4.99 Å². The first-order valence-corrected chi connectivity index (χ1v) is 14.0. The van der Waals surface area contributed by atoms with Crippen molar-refractivity contribution in [1.82, 2.24) is 0 Å². The van der Waals surface area contributed by atoms with Gasteiger partial charge in [-0.05, 0) is 58.9 Å². The molecule has 0 radical (unpaired) electrons. The molecule has 0 fully saturated rings. The molecule has 1 aliphatic rings. The van der Waals surface area contributed by atoms with Gasteiger partial charge in [0, 0.05) is 31.8 Å². The van der Waals surface area contributed by atoms with Gasteiger partial charge in [0.1, 0.15) is 0 Å². The lowest BCUT2D eigenvalue weighted by Gasteiger charge is -2.13. The van der Waals surface area contributed by atoms with Crippen molar-refractivity contribution in [2.24, 2.45) is 4.99 Å². The summed E-state index contributed by atoms with van der Waals surface area (Å²) in [5.41, 5.74) is 9.98. The number of fused-ring (bicyclic) bond motifs is 7. The standard InChI is InChI=1S/C36H27NS/c1-24(25-12-4-2-5-13-25)37-32(26-14-6-3-7-15-26)22-20-28-27-16-8-9-17-29(27)35-30(28)21-23-34-36(35)31-18-10-11-19-33(31)38-34/h2-19,21-23,28H,20H2,1H3/b32-22-,37-24+. The van der Waals surface area contributed by atoms with Gasteiger partial charge in [-0.1, -0.05) is 115 Å². The Morgan fingerprint density at radius 2 is 1.37 bits per heavy atom. The van der Waals surface area contributed by atoms with E-state index in [1.54, 1.807) is 0 Å². The second kappa shape index (κ2) is 9.55. The third kappa shape index (κ3) is 3.89. The maximum Gasteiger partial charge on any atom is 0.0665 e. The minimum absolute atomic E-state index is 0.301. The molecule has 6 aromatic rings. The molecular formula is C36H27NS. The number of aliphatic imine (C=N–C) groups is 1. The zero-order valence-electron chi connectivity index (χ0n) is 21.3. The van der Waals surface area contributed by atoms with Gasteiger partial charge in [0.2, 0.25) is 0 Å². The van der Waals surface area contributed by atoms with Crippen LogP contribution in [0.3, 0.4) is 0 Å². The van der Waals surface area contributed by atoms with Crippen LogP contribution in [0.5, 0.6) is 0 Å². The second-order valence-corrected chi connectivity index (χ2v) is 11.0. The summed E-state index contributed by atoms with van der Waals surface area (Å²) in [7, 11) is 0. The number of thiophene rings is 1. The highest BCUT2D eigenvalue weighted by Crippen LogP contribution is 2.52. The van der Waals surface area contributed by atoms with Gasteiger partial charge in [-0.15, -0.1) is 11.3 Å². The molecule has 5 aromatic carbocycles. The number of allylic oxidation sites excluding steroid dienone is 1. The maximum atomic E-state index is 5.15. The Bertz CT molecular complexity index is 1840. The highest BCUT2D eigenvalue weighted by molar-refractivity contribution is 7.25. The fourth-order valence-electron chi connectivity index (χ4n) is 5.85. The predicted molar refractivity (Wildman–Crippen MR) is 164 cm³/mol. The number of benzene rings is 5. The molecule has 7 rings (SSSR count). The first kappa shape index (κ1) is 22.9. The molecule has 0 aliphatic heterocycles. The van der Waals surface area contributed by atoms with Crippen molar-refractivity contribution < 1.29 is 0 Å².